The van der Waals surface area contributed by atoms with Gasteiger partial charge in [-0.25, -0.2) is 0 Å². The summed E-state index contributed by atoms with van der Waals surface area (Å²) < 4.78 is 23.0. The van der Waals surface area contributed by atoms with Crippen molar-refractivity contribution in [1.82, 2.24) is 0 Å². The molecule has 168 valence electrons. The molecule has 0 spiro atoms. The van der Waals surface area contributed by atoms with Gasteiger partial charge in [0.2, 0.25) is 0 Å². The minimum atomic E-state index is -0.0281. The highest BCUT2D eigenvalue weighted by atomic mass is 16.5. The van der Waals surface area contributed by atoms with Gasteiger partial charge in [-0.1, -0.05) is 36.4 Å². The molecule has 0 unspecified atom stereocenters. The molecule has 0 heterocycles. The SMILES string of the molecule is CCOc1ccc(COc2cc(/C=C/CO)cc(OCc3ccc(OCC)cc3)c2)cc1. The zero-order valence-electron chi connectivity index (χ0n) is 18.6. The predicted molar refractivity (Wildman–Crippen MR) is 126 cm³/mol. The van der Waals surface area contributed by atoms with Gasteiger partial charge in [-0.05, 0) is 66.9 Å². The average molecular weight is 435 g/mol. The van der Waals surface area contributed by atoms with Crippen LogP contribution < -0.4 is 18.9 Å². The van der Waals surface area contributed by atoms with Crippen LogP contribution in [0.3, 0.4) is 0 Å². The summed E-state index contributed by atoms with van der Waals surface area (Å²) >= 11 is 0. The maximum Gasteiger partial charge on any atom is 0.124 e. The Bertz CT molecular complexity index is 906. The molecule has 0 bridgehead atoms. The number of hydrogen-bond acceptors (Lipinski definition) is 5. The minimum Gasteiger partial charge on any atom is -0.494 e. The second-order valence-corrected chi connectivity index (χ2v) is 7.05. The largest absolute Gasteiger partial charge is 0.494 e. The topological polar surface area (TPSA) is 57.2 Å². The second-order valence-electron chi connectivity index (χ2n) is 7.05. The molecule has 3 rings (SSSR count). The van der Waals surface area contributed by atoms with Crippen LogP contribution in [0.15, 0.2) is 72.8 Å². The Labute approximate surface area is 189 Å². The van der Waals surface area contributed by atoms with Gasteiger partial charge in [-0.3, -0.25) is 0 Å². The summed E-state index contributed by atoms with van der Waals surface area (Å²) in [7, 11) is 0. The fourth-order valence-corrected chi connectivity index (χ4v) is 3.08. The number of hydrogen-bond donors (Lipinski definition) is 1. The van der Waals surface area contributed by atoms with Crippen LogP contribution in [0, 0.1) is 0 Å². The quantitative estimate of drug-likeness (QED) is 0.399. The number of aliphatic hydroxyl groups excluding tert-OH is 1. The van der Waals surface area contributed by atoms with Crippen LogP contribution in [0.25, 0.3) is 6.08 Å². The summed E-state index contributed by atoms with van der Waals surface area (Å²) in [6, 6.07) is 21.4. The van der Waals surface area contributed by atoms with Gasteiger partial charge in [0, 0.05) is 6.07 Å². The number of benzene rings is 3. The summed E-state index contributed by atoms with van der Waals surface area (Å²) in [5.41, 5.74) is 2.98. The summed E-state index contributed by atoms with van der Waals surface area (Å²) in [6.07, 6.45) is 3.52. The molecule has 0 saturated carbocycles. The average Bonchev–Trinajstić information content (AvgIpc) is 2.82. The fraction of sp³-hybridized carbons (Fsp3) is 0.259. The van der Waals surface area contributed by atoms with Crippen molar-refractivity contribution in [2.45, 2.75) is 27.1 Å². The molecule has 0 amide bonds. The van der Waals surface area contributed by atoms with Gasteiger partial charge in [0.05, 0.1) is 19.8 Å². The Kier molecular flexibility index (Phi) is 9.02. The van der Waals surface area contributed by atoms with Crippen LogP contribution in [0.1, 0.15) is 30.5 Å². The lowest BCUT2D eigenvalue weighted by Gasteiger charge is -2.12. The molecule has 5 heteroatoms. The molecular formula is C27H30O5. The molecule has 0 aliphatic heterocycles. The normalized spacial score (nSPS) is 10.8. The van der Waals surface area contributed by atoms with Gasteiger partial charge < -0.3 is 24.1 Å². The van der Waals surface area contributed by atoms with Gasteiger partial charge in [0.1, 0.15) is 36.2 Å². The summed E-state index contributed by atoms with van der Waals surface area (Å²) in [6.45, 7) is 6.04. The fourth-order valence-electron chi connectivity index (χ4n) is 3.08. The Hall–Kier alpha value is -3.44. The van der Waals surface area contributed by atoms with Crippen LogP contribution >= 0.6 is 0 Å². The highest BCUT2D eigenvalue weighted by Crippen LogP contribution is 2.26. The summed E-state index contributed by atoms with van der Waals surface area (Å²) in [5, 5.41) is 9.12. The third-order valence-corrected chi connectivity index (χ3v) is 4.60. The molecule has 5 nitrogen and oxygen atoms in total. The summed E-state index contributed by atoms with van der Waals surface area (Å²) in [4.78, 5) is 0. The van der Waals surface area contributed by atoms with Crippen molar-refractivity contribution >= 4 is 6.08 Å². The second kappa shape index (κ2) is 12.4. The van der Waals surface area contributed by atoms with Gasteiger partial charge in [0.25, 0.3) is 0 Å². The zero-order valence-corrected chi connectivity index (χ0v) is 18.6. The van der Waals surface area contributed by atoms with E-state index in [9.17, 15) is 0 Å². The van der Waals surface area contributed by atoms with E-state index >= 15 is 0 Å². The van der Waals surface area contributed by atoms with Crippen molar-refractivity contribution in [1.29, 1.82) is 0 Å². The highest BCUT2D eigenvalue weighted by molar-refractivity contribution is 5.55. The van der Waals surface area contributed by atoms with Crippen LogP contribution in [-0.2, 0) is 13.2 Å². The number of rotatable bonds is 12. The van der Waals surface area contributed by atoms with Gasteiger partial charge in [0.15, 0.2) is 0 Å². The van der Waals surface area contributed by atoms with Gasteiger partial charge in [-0.2, -0.15) is 0 Å². The molecule has 32 heavy (non-hydrogen) atoms. The van der Waals surface area contributed by atoms with E-state index in [0.29, 0.717) is 37.9 Å². The van der Waals surface area contributed by atoms with Crippen molar-refractivity contribution in [3.8, 4) is 23.0 Å². The smallest absolute Gasteiger partial charge is 0.124 e. The molecule has 3 aromatic carbocycles. The maximum absolute atomic E-state index is 9.12. The lowest BCUT2D eigenvalue weighted by Crippen LogP contribution is -1.99. The van der Waals surface area contributed by atoms with Crippen molar-refractivity contribution in [3.05, 3.63) is 89.5 Å². The molecule has 1 N–H and O–H groups in total. The van der Waals surface area contributed by atoms with Crippen LogP contribution in [-0.4, -0.2) is 24.9 Å². The van der Waals surface area contributed by atoms with E-state index in [1.54, 1.807) is 6.08 Å². The van der Waals surface area contributed by atoms with E-state index in [4.69, 9.17) is 24.1 Å². The third kappa shape index (κ3) is 7.36. The Balaban J connectivity index is 1.67. The number of ether oxygens (including phenoxy) is 4. The van der Waals surface area contributed by atoms with Crippen LogP contribution in [0.5, 0.6) is 23.0 Å². The first kappa shape index (κ1) is 23.2. The molecule has 0 aromatic heterocycles. The van der Waals surface area contributed by atoms with Gasteiger partial charge >= 0.3 is 0 Å². The van der Waals surface area contributed by atoms with Crippen LogP contribution in [0.2, 0.25) is 0 Å². The molecule has 3 aromatic rings. The lowest BCUT2D eigenvalue weighted by atomic mass is 10.1. The molecule has 0 atom stereocenters. The Morgan fingerprint density at radius 2 is 1.09 bits per heavy atom. The van der Waals surface area contributed by atoms with E-state index in [1.165, 1.54) is 0 Å². The molecular weight excluding hydrogens is 404 g/mol. The molecule has 0 radical (unpaired) electrons. The van der Waals surface area contributed by atoms with E-state index in [2.05, 4.69) is 0 Å². The lowest BCUT2D eigenvalue weighted by molar-refractivity contribution is 0.289. The molecule has 0 aliphatic carbocycles. The van der Waals surface area contributed by atoms with Crippen molar-refractivity contribution < 1.29 is 24.1 Å². The van der Waals surface area contributed by atoms with Crippen molar-refractivity contribution in [2.75, 3.05) is 19.8 Å². The molecule has 0 aliphatic rings. The molecule has 0 fully saturated rings. The maximum atomic E-state index is 9.12. The summed E-state index contributed by atoms with van der Waals surface area (Å²) in [5.74, 6) is 3.08. The van der Waals surface area contributed by atoms with Gasteiger partial charge in [-0.15, -0.1) is 0 Å². The first-order valence-corrected chi connectivity index (χ1v) is 10.8. The Morgan fingerprint density at radius 1 is 0.625 bits per heavy atom. The standard InChI is InChI=1S/C27H30O5/c1-3-29-24-11-7-21(8-12-24)19-31-26-16-23(6-5-15-28)17-27(18-26)32-20-22-9-13-25(14-10-22)30-4-2/h5-14,16-18,28H,3-4,15,19-20H2,1-2H3/b6-5+. The van der Waals surface area contributed by atoms with E-state index in [1.807, 2.05) is 86.7 Å². The highest BCUT2D eigenvalue weighted by Gasteiger charge is 2.05. The third-order valence-electron chi connectivity index (χ3n) is 4.60. The first-order chi connectivity index (χ1) is 15.7. The Morgan fingerprint density at radius 3 is 1.50 bits per heavy atom. The van der Waals surface area contributed by atoms with Crippen molar-refractivity contribution in [3.63, 3.8) is 0 Å². The molecule has 0 saturated heterocycles. The van der Waals surface area contributed by atoms with Crippen molar-refractivity contribution in [2.24, 2.45) is 0 Å². The monoisotopic (exact) mass is 434 g/mol. The van der Waals surface area contributed by atoms with E-state index in [0.717, 1.165) is 28.2 Å². The van der Waals surface area contributed by atoms with E-state index < -0.39 is 0 Å². The zero-order chi connectivity index (χ0) is 22.6. The first-order valence-electron chi connectivity index (χ1n) is 10.8. The number of aliphatic hydroxyl groups is 1. The van der Waals surface area contributed by atoms with Crippen LogP contribution in [0.4, 0.5) is 0 Å². The van der Waals surface area contributed by atoms with E-state index in [-0.39, 0.29) is 6.61 Å². The minimum absolute atomic E-state index is 0.0281. The predicted octanol–water partition coefficient (Wildman–Crippen LogP) is 5.65.